The number of rotatable bonds is 11. The Balaban J connectivity index is 0.000000144. The van der Waals surface area contributed by atoms with Crippen molar-refractivity contribution in [2.45, 2.75) is 19.3 Å². The summed E-state index contributed by atoms with van der Waals surface area (Å²) in [4.78, 5) is 37.0. The van der Waals surface area contributed by atoms with Crippen LogP contribution in [0.1, 0.15) is 16.7 Å². The number of aromatic hydroxyl groups is 4. The van der Waals surface area contributed by atoms with Gasteiger partial charge in [0.2, 0.25) is 33.3 Å². The van der Waals surface area contributed by atoms with E-state index in [0.29, 0.717) is 79.3 Å². The van der Waals surface area contributed by atoms with Crippen molar-refractivity contribution in [2.75, 3.05) is 57.4 Å². The van der Waals surface area contributed by atoms with Crippen molar-refractivity contribution in [2.24, 2.45) is 10.7 Å². The van der Waals surface area contributed by atoms with Gasteiger partial charge in [0.1, 0.15) is 0 Å². The van der Waals surface area contributed by atoms with Gasteiger partial charge in [0.05, 0.1) is 5.69 Å². The molecule has 4 heterocycles. The molecule has 21 nitrogen and oxygen atoms in total. The largest absolute Gasteiger partial charge is 0.504 e. The zero-order valence-electron chi connectivity index (χ0n) is 37.3. The molecule has 0 unspecified atom stereocenters. The van der Waals surface area contributed by atoms with Crippen molar-refractivity contribution in [1.29, 1.82) is 0 Å². The number of isocyanates is 1. The van der Waals surface area contributed by atoms with Gasteiger partial charge in [-0.05, 0) is 115 Å². The molecule has 0 aliphatic carbocycles. The second-order valence-corrected chi connectivity index (χ2v) is 15.0. The predicted octanol–water partition coefficient (Wildman–Crippen LogP) is 6.68. The summed E-state index contributed by atoms with van der Waals surface area (Å²) in [5.41, 5.74) is 9.98. The third-order valence-corrected chi connectivity index (χ3v) is 10.1. The van der Waals surface area contributed by atoms with Gasteiger partial charge in [0.15, 0.2) is 69.0 Å². The average Bonchev–Trinajstić information content (AvgIpc) is 4.20. The Hall–Kier alpha value is -9.20. The molecule has 10 N–H and O–H groups in total. The number of hydrogen-bond donors (Lipinski definition) is 9. The Labute approximate surface area is 399 Å². The van der Waals surface area contributed by atoms with Crippen molar-refractivity contribution >= 4 is 35.2 Å². The number of phenolic OH excluding ortho intramolecular Hbond substituents is 4. The fraction of sp³-hybridized carbons (Fsp3) is 0.204. The zero-order valence-corrected chi connectivity index (χ0v) is 37.3. The van der Waals surface area contributed by atoms with Gasteiger partial charge in [-0.1, -0.05) is 18.2 Å². The monoisotopic (exact) mass is 960 g/mol. The summed E-state index contributed by atoms with van der Waals surface area (Å²) in [5, 5.41) is 47.8. The molecule has 4 aliphatic rings. The van der Waals surface area contributed by atoms with Crippen molar-refractivity contribution in [1.82, 2.24) is 10.6 Å². The fourth-order valence-electron chi connectivity index (χ4n) is 6.66. The van der Waals surface area contributed by atoms with Crippen LogP contribution in [0, 0.1) is 0 Å². The summed E-state index contributed by atoms with van der Waals surface area (Å²) in [7, 11) is 0. The predicted molar refractivity (Wildman–Crippen MR) is 252 cm³/mol. The molecule has 364 valence electrons. The highest BCUT2D eigenvalue weighted by molar-refractivity contribution is 5.90. The van der Waals surface area contributed by atoms with Crippen LogP contribution in [-0.4, -0.2) is 85.4 Å². The molecule has 0 saturated carbocycles. The first-order valence-electron chi connectivity index (χ1n) is 21.5. The lowest BCUT2D eigenvalue weighted by atomic mass is 10.1. The Morgan fingerprint density at radius 2 is 0.871 bits per heavy atom. The van der Waals surface area contributed by atoms with Crippen molar-refractivity contribution in [3.8, 4) is 69.0 Å². The van der Waals surface area contributed by atoms with Gasteiger partial charge in [-0.3, -0.25) is 0 Å². The van der Waals surface area contributed by atoms with E-state index in [1.807, 2.05) is 36.4 Å². The molecule has 0 bridgehead atoms. The van der Waals surface area contributed by atoms with Gasteiger partial charge in [0, 0.05) is 42.7 Å². The molecule has 0 saturated heterocycles. The molecule has 0 aromatic heterocycles. The number of nitrogens with two attached hydrogens (primary N) is 1. The third kappa shape index (κ3) is 13.9. The molecule has 6 aromatic rings. The van der Waals surface area contributed by atoms with E-state index < -0.39 is 6.03 Å². The maximum atomic E-state index is 12.0. The van der Waals surface area contributed by atoms with E-state index in [4.69, 9.17) is 43.6 Å². The van der Waals surface area contributed by atoms with Crippen LogP contribution in [0.5, 0.6) is 69.0 Å². The molecule has 0 atom stereocenters. The molecule has 10 rings (SSSR count). The van der Waals surface area contributed by atoms with Crippen LogP contribution < -0.4 is 64.9 Å². The second-order valence-electron chi connectivity index (χ2n) is 15.0. The Kier molecular flexibility index (Phi) is 16.7. The number of ether oxygens (including phenoxy) is 8. The molecule has 4 amide bonds. The number of urea groups is 2. The summed E-state index contributed by atoms with van der Waals surface area (Å²) in [6, 6.07) is 29.6. The van der Waals surface area contributed by atoms with E-state index in [1.54, 1.807) is 42.5 Å². The van der Waals surface area contributed by atoms with Gasteiger partial charge in [0.25, 0.3) is 0 Å². The second kappa shape index (κ2) is 24.0. The molecule has 6 aromatic carbocycles. The lowest BCUT2D eigenvalue weighted by molar-refractivity contribution is 0.173. The number of aliphatic imine (C=N–C) groups is 1. The van der Waals surface area contributed by atoms with Crippen LogP contribution in [0.25, 0.3) is 0 Å². The number of carbonyl (C=O) groups is 2. The number of amides is 4. The van der Waals surface area contributed by atoms with Gasteiger partial charge in [-0.25, -0.2) is 14.4 Å². The van der Waals surface area contributed by atoms with E-state index in [1.165, 1.54) is 42.0 Å². The molecule has 4 aliphatic heterocycles. The normalized spacial score (nSPS) is 12.3. The minimum absolute atomic E-state index is 0.193. The smallest absolute Gasteiger partial charge is 0.319 e. The van der Waals surface area contributed by atoms with Crippen LogP contribution in [0.15, 0.2) is 114 Å². The topological polar surface area (TPSA) is 292 Å². The molecule has 0 spiro atoms. The maximum Gasteiger partial charge on any atom is 0.319 e. The first-order valence-corrected chi connectivity index (χ1v) is 21.5. The Morgan fingerprint density at radius 3 is 1.39 bits per heavy atom. The van der Waals surface area contributed by atoms with Crippen LogP contribution in [0.2, 0.25) is 0 Å². The highest BCUT2D eigenvalue weighted by Gasteiger charge is 2.17. The van der Waals surface area contributed by atoms with Gasteiger partial charge < -0.3 is 85.3 Å². The zero-order chi connectivity index (χ0) is 49.2. The Morgan fingerprint density at radius 1 is 0.471 bits per heavy atom. The quantitative estimate of drug-likeness (QED) is 0.0283. The lowest BCUT2D eigenvalue weighted by Crippen LogP contribution is -2.30. The van der Waals surface area contributed by atoms with Gasteiger partial charge >= 0.3 is 12.1 Å². The van der Waals surface area contributed by atoms with E-state index in [9.17, 15) is 34.8 Å². The van der Waals surface area contributed by atoms with Crippen LogP contribution in [-0.2, 0) is 24.1 Å². The van der Waals surface area contributed by atoms with Crippen LogP contribution >= 0.6 is 0 Å². The molecule has 21 heteroatoms. The third-order valence-electron chi connectivity index (χ3n) is 10.1. The number of carbonyl (C=O) groups excluding carboxylic acids is 3. The van der Waals surface area contributed by atoms with E-state index in [-0.39, 0.29) is 49.4 Å². The molecule has 0 fully saturated rings. The van der Waals surface area contributed by atoms with E-state index in [0.717, 1.165) is 40.5 Å². The molecular formula is C49H48N6O15. The number of nitrogens with zero attached hydrogens (tertiary/aromatic N) is 1. The average molecular weight is 961 g/mol. The highest BCUT2D eigenvalue weighted by Crippen LogP contribution is 2.37. The van der Waals surface area contributed by atoms with Gasteiger partial charge in [-0.15, -0.1) is 0 Å². The fourth-order valence-corrected chi connectivity index (χ4v) is 6.66. The van der Waals surface area contributed by atoms with E-state index >= 15 is 0 Å². The van der Waals surface area contributed by atoms with Crippen molar-refractivity contribution in [3.63, 3.8) is 0 Å². The minimum atomic E-state index is -0.465. The number of hydrogen-bond acceptors (Lipinski definition) is 17. The molecular weight excluding hydrogens is 913 g/mol. The summed E-state index contributed by atoms with van der Waals surface area (Å²) in [6.45, 7) is 2.52. The van der Waals surface area contributed by atoms with Crippen LogP contribution in [0.4, 0.5) is 26.7 Å². The number of phenols is 4. The van der Waals surface area contributed by atoms with Crippen LogP contribution in [0.3, 0.4) is 0 Å². The maximum absolute atomic E-state index is 12.0. The Bertz CT molecular complexity index is 2840. The number of anilines is 2. The lowest BCUT2D eigenvalue weighted by Gasteiger charge is -2.09. The van der Waals surface area contributed by atoms with Gasteiger partial charge in [-0.2, -0.15) is 4.99 Å². The first kappa shape index (κ1) is 48.7. The number of benzene rings is 6. The molecule has 0 radical (unpaired) electrons. The summed E-state index contributed by atoms with van der Waals surface area (Å²) >= 11 is 0. The minimum Gasteiger partial charge on any atom is -0.504 e. The summed E-state index contributed by atoms with van der Waals surface area (Å²) in [5.74, 6) is 4.79. The highest BCUT2D eigenvalue weighted by atomic mass is 16.7. The number of fused-ring (bicyclic) bond motifs is 4. The van der Waals surface area contributed by atoms with Crippen molar-refractivity contribution < 1.29 is 72.7 Å². The SMILES string of the molecule is NCCc1ccc2c(c1)OCO2.O=C(NCCc1ccc(O)c(O)c1)Nc1ccc(O)c(O)c1.O=C(NCCc1ccc2c(c1)OCO2)Nc1ccc2c(c1)OCO2.O=C=Nc1ccc2c(c1)OCO2. The first-order chi connectivity index (χ1) is 34.0. The summed E-state index contributed by atoms with van der Waals surface area (Å²) < 4.78 is 41.7. The van der Waals surface area contributed by atoms with E-state index in [2.05, 4.69) is 26.3 Å². The number of nitrogens with one attached hydrogen (secondary N) is 4. The van der Waals surface area contributed by atoms with Crippen molar-refractivity contribution in [3.05, 3.63) is 126 Å². The summed E-state index contributed by atoms with van der Waals surface area (Å²) in [6.07, 6.45) is 3.51. The standard InChI is InChI=1S/C17H16N2O5.C15H16N2O5.C9H11NO2.C8H5NO3/c20-17(19-12-2-4-14-16(8-12)24-10-22-14)18-6-5-11-1-3-13-15(7-11)23-9-21-13;18-11-3-1-9(7-13(11)20)5-6-16-15(22)17-10-2-4-12(19)14(21)8-10;10-4-3-7-1-2-8-9(5-7)12-6-11-8;10-4-9-6-1-2-7-8(3-6)12-5-11-7/h1-4,7-8H,5-6,9-10H2,(H2,18,19,20);1-4,7-8,18-21H,5-6H2,(H2,16,17,22);1-2,5H,3-4,6,10H2;1-3H,5H2. The molecule has 70 heavy (non-hydrogen) atoms.